The SMILES string of the molecule is O=P(O)(O)OC(Cl)c1cc(Cl)c(Cl)cc1Cl. The summed E-state index contributed by atoms with van der Waals surface area (Å²) in [4.78, 5) is 17.1. The van der Waals surface area contributed by atoms with Crippen molar-refractivity contribution in [2.75, 3.05) is 0 Å². The number of alkyl halides is 1. The Labute approximate surface area is 111 Å². The Hall–Kier alpha value is 0.490. The lowest BCUT2D eigenvalue weighted by Crippen LogP contribution is -1.97. The minimum absolute atomic E-state index is 0.0999. The molecule has 0 bridgehead atoms. The van der Waals surface area contributed by atoms with Crippen molar-refractivity contribution in [3.63, 3.8) is 0 Å². The van der Waals surface area contributed by atoms with Crippen molar-refractivity contribution >= 4 is 54.2 Å². The monoisotopic (exact) mass is 324 g/mol. The normalized spacial score (nSPS) is 13.9. The lowest BCUT2D eigenvalue weighted by Gasteiger charge is -2.14. The van der Waals surface area contributed by atoms with E-state index >= 15 is 0 Å². The fourth-order valence-electron chi connectivity index (χ4n) is 0.889. The Kier molecular flexibility index (Phi) is 4.93. The first kappa shape index (κ1) is 14.6. The summed E-state index contributed by atoms with van der Waals surface area (Å²) < 4.78 is 14.8. The minimum atomic E-state index is -4.70. The van der Waals surface area contributed by atoms with Gasteiger partial charge in [-0.2, -0.15) is 0 Å². The highest BCUT2D eigenvalue weighted by molar-refractivity contribution is 7.46. The fourth-order valence-corrected chi connectivity index (χ4v) is 2.45. The molecule has 1 aromatic carbocycles. The number of phosphoric ester groups is 1. The molecule has 1 aromatic rings. The Morgan fingerprint density at radius 3 is 2.12 bits per heavy atom. The summed E-state index contributed by atoms with van der Waals surface area (Å²) in [7, 11) is -4.70. The van der Waals surface area contributed by atoms with E-state index in [2.05, 4.69) is 4.52 Å². The van der Waals surface area contributed by atoms with E-state index in [1.165, 1.54) is 12.1 Å². The smallest absolute Gasteiger partial charge is 0.303 e. The first-order valence-electron chi connectivity index (χ1n) is 3.73. The molecular formula is C7H5Cl4O4P. The number of hydrogen-bond acceptors (Lipinski definition) is 2. The largest absolute Gasteiger partial charge is 0.471 e. The second kappa shape index (κ2) is 5.42. The molecule has 2 N–H and O–H groups in total. The molecule has 1 unspecified atom stereocenters. The summed E-state index contributed by atoms with van der Waals surface area (Å²) in [5, 5.41) is 0.458. The van der Waals surface area contributed by atoms with Crippen molar-refractivity contribution in [1.82, 2.24) is 0 Å². The summed E-state index contributed by atoms with van der Waals surface area (Å²) in [5.41, 5.74) is -1.29. The molecule has 0 saturated carbocycles. The maximum Gasteiger partial charge on any atom is 0.471 e. The van der Waals surface area contributed by atoms with Crippen LogP contribution in [0.5, 0.6) is 0 Å². The van der Waals surface area contributed by atoms with Crippen LogP contribution in [0.25, 0.3) is 0 Å². The summed E-state index contributed by atoms with van der Waals surface area (Å²) in [6.45, 7) is 0. The van der Waals surface area contributed by atoms with Gasteiger partial charge in [0.1, 0.15) is 0 Å². The van der Waals surface area contributed by atoms with Crippen molar-refractivity contribution in [3.8, 4) is 0 Å². The topological polar surface area (TPSA) is 66.8 Å². The second-order valence-electron chi connectivity index (χ2n) is 2.70. The van der Waals surface area contributed by atoms with Gasteiger partial charge in [0.25, 0.3) is 0 Å². The maximum atomic E-state index is 10.6. The molecule has 0 saturated heterocycles. The second-order valence-corrected chi connectivity index (χ2v) is 5.51. The van der Waals surface area contributed by atoms with Crippen LogP contribution in [0.4, 0.5) is 0 Å². The lowest BCUT2D eigenvalue weighted by atomic mass is 10.2. The molecule has 4 nitrogen and oxygen atoms in total. The average Bonchev–Trinajstić information content (AvgIpc) is 2.08. The first-order chi connectivity index (χ1) is 7.20. The zero-order valence-corrected chi connectivity index (χ0v) is 11.3. The lowest BCUT2D eigenvalue weighted by molar-refractivity contribution is 0.180. The molecule has 0 amide bonds. The van der Waals surface area contributed by atoms with Crippen LogP contribution in [0.1, 0.15) is 11.1 Å². The molecule has 1 rings (SSSR count). The highest BCUT2D eigenvalue weighted by atomic mass is 35.5. The van der Waals surface area contributed by atoms with Gasteiger partial charge >= 0.3 is 7.82 Å². The molecule has 0 aliphatic carbocycles. The van der Waals surface area contributed by atoms with Gasteiger partial charge in [0.15, 0.2) is 5.56 Å². The Morgan fingerprint density at radius 1 is 1.12 bits per heavy atom. The zero-order chi connectivity index (χ0) is 12.5. The van der Waals surface area contributed by atoms with Gasteiger partial charge in [-0.3, -0.25) is 4.52 Å². The van der Waals surface area contributed by atoms with Gasteiger partial charge in [0, 0.05) is 10.6 Å². The van der Waals surface area contributed by atoms with E-state index in [0.717, 1.165) is 0 Å². The van der Waals surface area contributed by atoms with Gasteiger partial charge in [0.2, 0.25) is 0 Å². The molecule has 1 atom stereocenters. The van der Waals surface area contributed by atoms with E-state index in [9.17, 15) is 4.57 Å². The molecule has 9 heteroatoms. The number of hydrogen-bond donors (Lipinski definition) is 2. The number of phosphoric acid groups is 1. The third-order valence-corrected chi connectivity index (χ3v) is 3.50. The summed E-state index contributed by atoms with van der Waals surface area (Å²) in [6.07, 6.45) is 0. The molecule has 0 radical (unpaired) electrons. The van der Waals surface area contributed by atoms with Crippen molar-refractivity contribution < 1.29 is 18.9 Å². The molecule has 0 aromatic heterocycles. The van der Waals surface area contributed by atoms with Crippen LogP contribution in [0.2, 0.25) is 15.1 Å². The third-order valence-electron chi connectivity index (χ3n) is 1.51. The first-order valence-corrected chi connectivity index (χ1v) is 6.83. The van der Waals surface area contributed by atoms with E-state index < -0.39 is 13.4 Å². The molecule has 0 fully saturated rings. The van der Waals surface area contributed by atoms with Crippen LogP contribution in [-0.2, 0) is 9.09 Å². The number of benzene rings is 1. The van der Waals surface area contributed by atoms with Crippen LogP contribution in [0.3, 0.4) is 0 Å². The Balaban J connectivity index is 3.04. The summed E-state index contributed by atoms with van der Waals surface area (Å²) in [5.74, 6) is 0. The van der Waals surface area contributed by atoms with Gasteiger partial charge in [-0.15, -0.1) is 0 Å². The molecular weight excluding hydrogens is 321 g/mol. The van der Waals surface area contributed by atoms with Gasteiger partial charge < -0.3 is 9.79 Å². The summed E-state index contributed by atoms with van der Waals surface area (Å²) in [6, 6.07) is 2.58. The van der Waals surface area contributed by atoms with Gasteiger partial charge in [0.05, 0.1) is 10.0 Å². The Bertz CT molecular complexity index is 446. The Morgan fingerprint density at radius 2 is 1.62 bits per heavy atom. The maximum absolute atomic E-state index is 10.6. The van der Waals surface area contributed by atoms with Gasteiger partial charge in [-0.25, -0.2) is 4.57 Å². The highest BCUT2D eigenvalue weighted by Crippen LogP contribution is 2.46. The van der Waals surface area contributed by atoms with E-state index in [4.69, 9.17) is 56.2 Å². The molecule has 16 heavy (non-hydrogen) atoms. The highest BCUT2D eigenvalue weighted by Gasteiger charge is 2.24. The number of halogens is 4. The number of rotatable bonds is 3. The van der Waals surface area contributed by atoms with E-state index in [0.29, 0.717) is 0 Å². The van der Waals surface area contributed by atoms with E-state index in [1.54, 1.807) is 0 Å². The average molecular weight is 326 g/mol. The van der Waals surface area contributed by atoms with E-state index in [-0.39, 0.29) is 20.6 Å². The van der Waals surface area contributed by atoms with Gasteiger partial charge in [-0.1, -0.05) is 46.4 Å². The van der Waals surface area contributed by atoms with Crippen LogP contribution >= 0.6 is 54.2 Å². The summed E-state index contributed by atoms with van der Waals surface area (Å²) >= 11 is 22.8. The van der Waals surface area contributed by atoms with Crippen LogP contribution in [-0.4, -0.2) is 9.79 Å². The van der Waals surface area contributed by atoms with Crippen molar-refractivity contribution in [2.45, 2.75) is 5.56 Å². The molecule has 0 aliphatic heterocycles. The molecule has 0 heterocycles. The molecule has 90 valence electrons. The predicted molar refractivity (Wildman–Crippen MR) is 63.2 cm³/mol. The molecule has 0 spiro atoms. The van der Waals surface area contributed by atoms with E-state index in [1.807, 2.05) is 0 Å². The van der Waals surface area contributed by atoms with Crippen molar-refractivity contribution in [3.05, 3.63) is 32.8 Å². The van der Waals surface area contributed by atoms with Crippen molar-refractivity contribution in [2.24, 2.45) is 0 Å². The molecule has 0 aliphatic rings. The zero-order valence-electron chi connectivity index (χ0n) is 7.40. The quantitative estimate of drug-likeness (QED) is 0.501. The third kappa shape index (κ3) is 4.06. The van der Waals surface area contributed by atoms with Crippen LogP contribution < -0.4 is 0 Å². The van der Waals surface area contributed by atoms with Crippen molar-refractivity contribution in [1.29, 1.82) is 0 Å². The van der Waals surface area contributed by atoms with Gasteiger partial charge in [-0.05, 0) is 12.1 Å². The standard InChI is InChI=1S/C7H5Cl4O4P/c8-4-2-6(10)5(9)1-3(4)7(11)15-16(12,13)14/h1-2,7H,(H2,12,13,14). The predicted octanol–water partition coefficient (Wildman–Crippen LogP) is 3.99. The van der Waals surface area contributed by atoms with Crippen LogP contribution in [0.15, 0.2) is 12.1 Å². The fraction of sp³-hybridized carbons (Fsp3) is 0.143. The minimum Gasteiger partial charge on any atom is -0.303 e. The van der Waals surface area contributed by atoms with Crippen LogP contribution in [0, 0.1) is 0 Å².